The van der Waals surface area contributed by atoms with Crippen molar-refractivity contribution in [3.63, 3.8) is 0 Å². The van der Waals surface area contributed by atoms with Crippen molar-refractivity contribution in [1.29, 1.82) is 0 Å². The van der Waals surface area contributed by atoms with E-state index in [9.17, 15) is 9.18 Å². The molecule has 0 aromatic heterocycles. The Bertz CT molecular complexity index is 250. The van der Waals surface area contributed by atoms with Crippen LogP contribution in [-0.2, 0) is 4.79 Å². The first-order valence-electron chi connectivity index (χ1n) is 3.15. The summed E-state index contributed by atoms with van der Waals surface area (Å²) >= 11 is 0. The van der Waals surface area contributed by atoms with E-state index in [2.05, 4.69) is 20.6 Å². The number of aliphatic imine (C=N–C) groups is 2. The molecule has 0 radical (unpaired) electrons. The molecule has 0 saturated heterocycles. The zero-order chi connectivity index (χ0) is 8.97. The summed E-state index contributed by atoms with van der Waals surface area (Å²) in [6.07, 6.45) is -0.766. The van der Waals surface area contributed by atoms with Gasteiger partial charge >= 0.3 is 5.97 Å². The van der Waals surface area contributed by atoms with Gasteiger partial charge in [-0.05, 0) is 0 Å². The molecule has 0 fully saturated rings. The Balaban J connectivity index is 2.34. The standard InChI is InChI=1S/C5H7FN4O2/c6-4-8-2-9-5(10-4)7-1-3(11)12/h1-2H2,(H,11,12)(H2,7,8,9,10). The zero-order valence-electron chi connectivity index (χ0n) is 6.04. The SMILES string of the molecule is O=C(O)CNC1=NCN=C(F)N1. The third kappa shape index (κ3) is 2.52. The minimum atomic E-state index is -1.04. The largest absolute Gasteiger partial charge is 0.480 e. The van der Waals surface area contributed by atoms with E-state index in [1.807, 2.05) is 0 Å². The topological polar surface area (TPSA) is 86.1 Å². The van der Waals surface area contributed by atoms with Gasteiger partial charge in [-0.25, -0.2) is 9.98 Å². The van der Waals surface area contributed by atoms with Crippen molar-refractivity contribution in [2.24, 2.45) is 9.98 Å². The number of halogens is 1. The highest BCUT2D eigenvalue weighted by atomic mass is 19.1. The van der Waals surface area contributed by atoms with Gasteiger partial charge in [0.05, 0.1) is 0 Å². The molecular weight excluding hydrogens is 167 g/mol. The fourth-order valence-electron chi connectivity index (χ4n) is 0.604. The fraction of sp³-hybridized carbons (Fsp3) is 0.400. The highest BCUT2D eigenvalue weighted by Gasteiger charge is 2.07. The second-order valence-corrected chi connectivity index (χ2v) is 1.97. The highest BCUT2D eigenvalue weighted by Crippen LogP contribution is 1.86. The van der Waals surface area contributed by atoms with Gasteiger partial charge in [0.2, 0.25) is 5.96 Å². The Labute approximate surface area is 67.2 Å². The van der Waals surface area contributed by atoms with Crippen LogP contribution in [0.4, 0.5) is 4.39 Å². The van der Waals surface area contributed by atoms with Crippen LogP contribution in [0.25, 0.3) is 0 Å². The van der Waals surface area contributed by atoms with E-state index in [0.29, 0.717) is 0 Å². The lowest BCUT2D eigenvalue weighted by Crippen LogP contribution is -2.43. The van der Waals surface area contributed by atoms with E-state index >= 15 is 0 Å². The summed E-state index contributed by atoms with van der Waals surface area (Å²) in [7, 11) is 0. The maximum absolute atomic E-state index is 12.3. The Kier molecular flexibility index (Phi) is 2.57. The number of carboxylic acid groups (broad SMARTS) is 1. The molecule has 0 aliphatic carbocycles. The van der Waals surface area contributed by atoms with Crippen molar-refractivity contribution >= 4 is 18.0 Å². The van der Waals surface area contributed by atoms with Gasteiger partial charge in [-0.2, -0.15) is 4.39 Å². The molecule has 12 heavy (non-hydrogen) atoms. The number of hydrogen-bond donors (Lipinski definition) is 3. The van der Waals surface area contributed by atoms with Gasteiger partial charge in [-0.1, -0.05) is 0 Å². The summed E-state index contributed by atoms with van der Waals surface area (Å²) in [5.41, 5.74) is 0. The number of carbonyl (C=O) groups is 1. The molecule has 66 valence electrons. The van der Waals surface area contributed by atoms with Crippen molar-refractivity contribution < 1.29 is 14.3 Å². The number of amidine groups is 1. The van der Waals surface area contributed by atoms with E-state index in [-0.39, 0.29) is 19.2 Å². The number of guanidine groups is 1. The van der Waals surface area contributed by atoms with Gasteiger partial charge in [-0.3, -0.25) is 10.1 Å². The maximum Gasteiger partial charge on any atom is 0.322 e. The average Bonchev–Trinajstić information content (AvgIpc) is 2.01. The van der Waals surface area contributed by atoms with Gasteiger partial charge in [0, 0.05) is 0 Å². The normalized spacial score (nSPS) is 15.8. The number of carboxylic acids is 1. The van der Waals surface area contributed by atoms with Crippen LogP contribution >= 0.6 is 0 Å². The lowest BCUT2D eigenvalue weighted by atomic mass is 10.6. The molecule has 0 unspecified atom stereocenters. The Morgan fingerprint density at radius 2 is 2.50 bits per heavy atom. The summed E-state index contributed by atoms with van der Waals surface area (Å²) in [5.74, 6) is -0.952. The van der Waals surface area contributed by atoms with Crippen molar-refractivity contribution in [2.45, 2.75) is 0 Å². The monoisotopic (exact) mass is 174 g/mol. The molecule has 0 atom stereocenters. The van der Waals surface area contributed by atoms with E-state index < -0.39 is 12.1 Å². The van der Waals surface area contributed by atoms with Crippen LogP contribution in [-0.4, -0.2) is 36.3 Å². The summed E-state index contributed by atoms with van der Waals surface area (Å²) in [6, 6.07) is 0. The van der Waals surface area contributed by atoms with Crippen molar-refractivity contribution in [3.8, 4) is 0 Å². The quantitative estimate of drug-likeness (QED) is 0.464. The molecule has 0 aromatic carbocycles. The molecule has 1 heterocycles. The smallest absolute Gasteiger partial charge is 0.322 e. The van der Waals surface area contributed by atoms with Crippen LogP contribution in [0.1, 0.15) is 0 Å². The molecule has 0 aromatic rings. The highest BCUT2D eigenvalue weighted by molar-refractivity contribution is 5.97. The number of hydrogen-bond acceptors (Lipinski definition) is 5. The van der Waals surface area contributed by atoms with Gasteiger partial charge in [-0.15, -0.1) is 0 Å². The Morgan fingerprint density at radius 1 is 1.75 bits per heavy atom. The van der Waals surface area contributed by atoms with Gasteiger partial charge < -0.3 is 10.4 Å². The Morgan fingerprint density at radius 3 is 3.08 bits per heavy atom. The average molecular weight is 174 g/mol. The molecule has 3 N–H and O–H groups in total. The molecule has 1 aliphatic rings. The first-order chi connectivity index (χ1) is 5.68. The van der Waals surface area contributed by atoms with Crippen LogP contribution in [0.2, 0.25) is 0 Å². The summed E-state index contributed by atoms with van der Waals surface area (Å²) in [5, 5.41) is 12.7. The van der Waals surface area contributed by atoms with Gasteiger partial charge in [0.1, 0.15) is 13.2 Å². The van der Waals surface area contributed by atoms with E-state index in [1.165, 1.54) is 0 Å². The molecule has 6 nitrogen and oxygen atoms in total. The number of rotatable bonds is 2. The molecule has 0 spiro atoms. The minimum absolute atomic E-state index is 0.0270. The van der Waals surface area contributed by atoms with E-state index in [4.69, 9.17) is 5.11 Å². The van der Waals surface area contributed by atoms with Crippen LogP contribution < -0.4 is 10.6 Å². The van der Waals surface area contributed by atoms with Crippen molar-refractivity contribution in [2.75, 3.05) is 13.2 Å². The van der Waals surface area contributed by atoms with Crippen LogP contribution in [0.3, 0.4) is 0 Å². The molecule has 0 saturated carbocycles. The van der Waals surface area contributed by atoms with Crippen molar-refractivity contribution in [1.82, 2.24) is 10.6 Å². The summed E-state index contributed by atoms with van der Waals surface area (Å²) < 4.78 is 12.3. The lowest BCUT2D eigenvalue weighted by Gasteiger charge is -2.10. The van der Waals surface area contributed by atoms with E-state index in [0.717, 1.165) is 0 Å². The molecule has 0 bridgehead atoms. The summed E-state index contributed by atoms with van der Waals surface area (Å²) in [6.45, 7) is -0.333. The molecule has 7 heteroatoms. The minimum Gasteiger partial charge on any atom is -0.480 e. The van der Waals surface area contributed by atoms with Gasteiger partial charge in [0.25, 0.3) is 6.09 Å². The number of nitrogens with one attached hydrogen (secondary N) is 2. The van der Waals surface area contributed by atoms with Crippen LogP contribution in [0.5, 0.6) is 0 Å². The first kappa shape index (κ1) is 8.44. The molecule has 0 amide bonds. The molecule has 1 rings (SSSR count). The lowest BCUT2D eigenvalue weighted by molar-refractivity contribution is -0.135. The molecular formula is C5H7FN4O2. The predicted molar refractivity (Wildman–Crippen MR) is 39.6 cm³/mol. The Hall–Kier alpha value is -1.66. The van der Waals surface area contributed by atoms with Gasteiger partial charge in [0.15, 0.2) is 0 Å². The van der Waals surface area contributed by atoms with E-state index in [1.54, 1.807) is 0 Å². The third-order valence-electron chi connectivity index (χ3n) is 1.07. The predicted octanol–water partition coefficient (Wildman–Crippen LogP) is -1.10. The number of nitrogens with zero attached hydrogens (tertiary/aromatic N) is 2. The third-order valence-corrected chi connectivity index (χ3v) is 1.07. The fourth-order valence-corrected chi connectivity index (χ4v) is 0.604. The second-order valence-electron chi connectivity index (χ2n) is 1.97. The maximum atomic E-state index is 12.3. The van der Waals surface area contributed by atoms with Crippen LogP contribution in [0.15, 0.2) is 9.98 Å². The first-order valence-corrected chi connectivity index (χ1v) is 3.15. The van der Waals surface area contributed by atoms with Crippen molar-refractivity contribution in [3.05, 3.63) is 0 Å². The zero-order valence-corrected chi connectivity index (χ0v) is 6.04. The second kappa shape index (κ2) is 3.65. The summed E-state index contributed by atoms with van der Waals surface area (Å²) in [4.78, 5) is 17.0. The number of aliphatic carboxylic acids is 1. The molecule has 1 aliphatic heterocycles. The van der Waals surface area contributed by atoms with Crippen LogP contribution in [0, 0.1) is 0 Å².